The van der Waals surface area contributed by atoms with Gasteiger partial charge in [-0.1, -0.05) is 11.6 Å². The highest BCUT2D eigenvalue weighted by Crippen LogP contribution is 2.30. The molecule has 252 valence electrons. The van der Waals surface area contributed by atoms with Gasteiger partial charge in [0, 0.05) is 48.6 Å². The van der Waals surface area contributed by atoms with Crippen molar-refractivity contribution in [3.8, 4) is 11.8 Å². The number of halogens is 1. The summed E-state index contributed by atoms with van der Waals surface area (Å²) in [4.78, 5) is 63.5. The molecule has 3 aromatic carbocycles. The Kier molecular flexibility index (Phi) is 10.1. The van der Waals surface area contributed by atoms with Crippen LogP contribution < -0.4 is 26.0 Å². The van der Waals surface area contributed by atoms with Gasteiger partial charge < -0.3 is 20.7 Å². The second kappa shape index (κ2) is 14.8. The number of nitrogens with one attached hydrogen (secondary N) is 4. The Morgan fingerprint density at radius 1 is 0.878 bits per heavy atom. The van der Waals surface area contributed by atoms with Crippen molar-refractivity contribution >= 4 is 52.5 Å². The van der Waals surface area contributed by atoms with E-state index in [9.17, 15) is 24.0 Å². The average Bonchev–Trinajstić information content (AvgIpc) is 3.34. The number of nitriles is 1. The van der Waals surface area contributed by atoms with Gasteiger partial charge in [0.25, 0.3) is 17.7 Å². The summed E-state index contributed by atoms with van der Waals surface area (Å²) in [6.07, 6.45) is 4.16. The summed E-state index contributed by atoms with van der Waals surface area (Å²) < 4.78 is 6.05. The van der Waals surface area contributed by atoms with E-state index < -0.39 is 29.7 Å². The van der Waals surface area contributed by atoms with Gasteiger partial charge in [-0.25, -0.2) is 0 Å². The molecule has 2 fully saturated rings. The molecule has 12 nitrogen and oxygen atoms in total. The van der Waals surface area contributed by atoms with E-state index in [4.69, 9.17) is 21.6 Å². The van der Waals surface area contributed by atoms with E-state index in [1.54, 1.807) is 48.5 Å². The molecule has 2 heterocycles. The first kappa shape index (κ1) is 33.5. The molecule has 3 aromatic rings. The van der Waals surface area contributed by atoms with Gasteiger partial charge in [-0.3, -0.25) is 34.2 Å². The number of anilines is 2. The molecule has 6 rings (SSSR count). The number of ether oxygens (including phenoxy) is 1. The molecule has 1 saturated carbocycles. The zero-order valence-electron chi connectivity index (χ0n) is 26.6. The summed E-state index contributed by atoms with van der Waals surface area (Å²) in [5, 5.41) is 21.3. The molecule has 0 aromatic heterocycles. The average molecular weight is 683 g/mol. The summed E-state index contributed by atoms with van der Waals surface area (Å²) in [5.41, 5.74) is 3.02. The van der Waals surface area contributed by atoms with Crippen molar-refractivity contribution < 1.29 is 28.7 Å². The minimum Gasteiger partial charge on any atom is -0.490 e. The lowest BCUT2D eigenvalue weighted by atomic mass is 9.92. The first-order chi connectivity index (χ1) is 23.7. The Morgan fingerprint density at radius 2 is 1.57 bits per heavy atom. The number of carbonyl (C=O) groups is 5. The van der Waals surface area contributed by atoms with E-state index in [1.165, 1.54) is 0 Å². The van der Waals surface area contributed by atoms with Crippen molar-refractivity contribution in [1.29, 1.82) is 5.26 Å². The standard InChI is InChI=1S/C36H35ClN6O6/c37-30-19-27(10-4-22(30)20-38)49-26-11-7-24(8-12-26)41-33(45)21-2-5-23(6-3-21)39-16-1-17-40-25-9-13-28-29(18-25)36(48)43(35(28)47)31-14-15-32(44)42-34(31)46/h2-6,9-10,13,18-19,24,26,31,39-40H,1,7-8,11-12,14-17H2,(H,41,45)(H,42,44,46). The first-order valence-corrected chi connectivity index (χ1v) is 16.7. The summed E-state index contributed by atoms with van der Waals surface area (Å²) >= 11 is 6.11. The van der Waals surface area contributed by atoms with Gasteiger partial charge in [0.2, 0.25) is 11.8 Å². The fourth-order valence-electron chi connectivity index (χ4n) is 6.32. The third-order valence-corrected chi connectivity index (χ3v) is 9.28. The second-order valence-corrected chi connectivity index (χ2v) is 12.7. The van der Waals surface area contributed by atoms with Gasteiger partial charge in [-0.05, 0) is 93.1 Å². The Labute approximate surface area is 288 Å². The number of imide groups is 2. The quantitative estimate of drug-likeness (QED) is 0.166. The fraction of sp³-hybridized carbons (Fsp3) is 0.333. The Bertz CT molecular complexity index is 1830. The minimum absolute atomic E-state index is 0.0267. The van der Waals surface area contributed by atoms with E-state index in [0.29, 0.717) is 40.7 Å². The highest BCUT2D eigenvalue weighted by atomic mass is 35.5. The number of nitrogens with zero attached hydrogens (tertiary/aromatic N) is 2. The molecule has 13 heteroatoms. The van der Waals surface area contributed by atoms with E-state index in [1.807, 2.05) is 18.2 Å². The summed E-state index contributed by atoms with van der Waals surface area (Å²) in [6, 6.07) is 18.4. The van der Waals surface area contributed by atoms with Crippen LogP contribution >= 0.6 is 11.6 Å². The van der Waals surface area contributed by atoms with Crippen molar-refractivity contribution in [3.05, 3.63) is 87.9 Å². The molecule has 5 amide bonds. The number of piperidine rings is 1. The van der Waals surface area contributed by atoms with Crippen LogP contribution in [0.4, 0.5) is 11.4 Å². The van der Waals surface area contributed by atoms with Crippen LogP contribution in [0.5, 0.6) is 5.75 Å². The molecule has 4 N–H and O–H groups in total. The smallest absolute Gasteiger partial charge is 0.262 e. The number of amides is 5. The Morgan fingerprint density at radius 3 is 2.27 bits per heavy atom. The molecular weight excluding hydrogens is 648 g/mol. The molecule has 1 saturated heterocycles. The number of fused-ring (bicyclic) bond motifs is 1. The lowest BCUT2D eigenvalue weighted by molar-refractivity contribution is -0.136. The van der Waals surface area contributed by atoms with Gasteiger partial charge in [0.15, 0.2) is 0 Å². The van der Waals surface area contributed by atoms with Crippen LogP contribution in [0.1, 0.15) is 81.6 Å². The molecule has 49 heavy (non-hydrogen) atoms. The van der Waals surface area contributed by atoms with Crippen molar-refractivity contribution in [1.82, 2.24) is 15.5 Å². The summed E-state index contributed by atoms with van der Waals surface area (Å²) in [7, 11) is 0. The molecular formula is C36H35ClN6O6. The Hall–Kier alpha value is -5.41. The third kappa shape index (κ3) is 7.68. The van der Waals surface area contributed by atoms with Crippen molar-refractivity contribution in [2.24, 2.45) is 0 Å². The Balaban J connectivity index is 0.901. The van der Waals surface area contributed by atoms with Gasteiger partial charge >= 0.3 is 0 Å². The number of hydrogen-bond donors (Lipinski definition) is 4. The SMILES string of the molecule is N#Cc1ccc(OC2CCC(NC(=O)c3ccc(NCCCNc4ccc5c(c4)C(=O)N(C4CCC(=O)NC4=O)C5=O)cc3)CC2)cc1Cl. The highest BCUT2D eigenvalue weighted by molar-refractivity contribution is 6.31. The fourth-order valence-corrected chi connectivity index (χ4v) is 6.53. The molecule has 0 spiro atoms. The van der Waals surface area contributed by atoms with E-state index in [-0.39, 0.29) is 42.0 Å². The topological polar surface area (TPSA) is 170 Å². The largest absolute Gasteiger partial charge is 0.490 e. The summed E-state index contributed by atoms with van der Waals surface area (Å²) in [5.74, 6) is -1.60. The number of rotatable bonds is 11. The predicted molar refractivity (Wildman–Crippen MR) is 181 cm³/mol. The second-order valence-electron chi connectivity index (χ2n) is 12.3. The van der Waals surface area contributed by atoms with Gasteiger partial charge in [0.05, 0.1) is 27.8 Å². The van der Waals surface area contributed by atoms with Crippen LogP contribution in [-0.4, -0.2) is 65.7 Å². The number of carbonyl (C=O) groups excluding carboxylic acids is 5. The van der Waals surface area contributed by atoms with E-state index in [0.717, 1.165) is 42.7 Å². The zero-order valence-corrected chi connectivity index (χ0v) is 27.3. The maximum absolute atomic E-state index is 13.0. The normalized spacial score (nSPS) is 20.2. The number of benzene rings is 3. The maximum Gasteiger partial charge on any atom is 0.262 e. The molecule has 0 bridgehead atoms. The van der Waals surface area contributed by atoms with Crippen molar-refractivity contribution in [2.75, 3.05) is 23.7 Å². The zero-order chi connectivity index (χ0) is 34.5. The van der Waals surface area contributed by atoms with Gasteiger partial charge in [-0.2, -0.15) is 5.26 Å². The molecule has 1 atom stereocenters. The first-order valence-electron chi connectivity index (χ1n) is 16.3. The molecule has 1 aliphatic carbocycles. The molecule has 0 radical (unpaired) electrons. The van der Waals surface area contributed by atoms with Crippen LogP contribution in [0.3, 0.4) is 0 Å². The predicted octanol–water partition coefficient (Wildman–Crippen LogP) is 4.65. The molecule has 1 unspecified atom stereocenters. The van der Waals surface area contributed by atoms with Crippen LogP contribution in [0.25, 0.3) is 0 Å². The summed E-state index contributed by atoms with van der Waals surface area (Å²) in [6.45, 7) is 1.25. The maximum atomic E-state index is 13.0. The third-order valence-electron chi connectivity index (χ3n) is 8.97. The van der Waals surface area contributed by atoms with Crippen LogP contribution in [0.15, 0.2) is 60.7 Å². The minimum atomic E-state index is -0.995. The molecule has 3 aliphatic rings. The lowest BCUT2D eigenvalue weighted by Gasteiger charge is -2.29. The monoisotopic (exact) mass is 682 g/mol. The van der Waals surface area contributed by atoms with Crippen LogP contribution in [0, 0.1) is 11.3 Å². The van der Waals surface area contributed by atoms with E-state index >= 15 is 0 Å². The molecule has 2 aliphatic heterocycles. The lowest BCUT2D eigenvalue weighted by Crippen LogP contribution is -2.54. The van der Waals surface area contributed by atoms with Crippen molar-refractivity contribution in [3.63, 3.8) is 0 Å². The van der Waals surface area contributed by atoms with Crippen molar-refractivity contribution in [2.45, 2.75) is 63.1 Å². The highest BCUT2D eigenvalue weighted by Gasteiger charge is 2.44. The van der Waals surface area contributed by atoms with Gasteiger partial charge in [-0.15, -0.1) is 0 Å². The number of hydrogen-bond acceptors (Lipinski definition) is 9. The van der Waals surface area contributed by atoms with E-state index in [2.05, 4.69) is 21.3 Å². The van der Waals surface area contributed by atoms with Crippen LogP contribution in [0.2, 0.25) is 5.02 Å². The van der Waals surface area contributed by atoms with Gasteiger partial charge in [0.1, 0.15) is 17.9 Å². The van der Waals surface area contributed by atoms with Crippen LogP contribution in [-0.2, 0) is 9.59 Å².